The Bertz CT molecular complexity index is 870. The quantitative estimate of drug-likeness (QED) is 0.878. The number of piperidine rings is 1. The second-order valence-corrected chi connectivity index (χ2v) is 6.40. The van der Waals surface area contributed by atoms with Crippen molar-refractivity contribution in [2.24, 2.45) is 0 Å². The molecule has 5 nitrogen and oxygen atoms in total. The van der Waals surface area contributed by atoms with E-state index in [0.29, 0.717) is 16.8 Å². The first-order valence-electron chi connectivity index (χ1n) is 8.55. The summed E-state index contributed by atoms with van der Waals surface area (Å²) >= 11 is 0. The number of hydrogen-bond donors (Lipinski definition) is 2. The number of aromatic carboxylic acids is 1. The molecule has 2 N–H and O–H groups in total. The molecule has 2 aromatic carbocycles. The number of nitriles is 1. The highest BCUT2D eigenvalue weighted by atomic mass is 19.1. The van der Waals surface area contributed by atoms with E-state index < -0.39 is 11.8 Å². The molecule has 0 atom stereocenters. The zero-order valence-corrected chi connectivity index (χ0v) is 14.5. The second-order valence-electron chi connectivity index (χ2n) is 6.40. The van der Waals surface area contributed by atoms with Gasteiger partial charge < -0.3 is 15.3 Å². The number of halogens is 1. The number of carboxylic acid groups (broad SMARTS) is 1. The number of benzene rings is 2. The average molecular weight is 353 g/mol. The molecule has 6 heteroatoms. The fourth-order valence-electron chi connectivity index (χ4n) is 3.44. The molecule has 0 unspecified atom stereocenters. The fraction of sp³-hybridized carbons (Fsp3) is 0.300. The highest BCUT2D eigenvalue weighted by molar-refractivity contribution is 5.91. The third-order valence-corrected chi connectivity index (χ3v) is 4.74. The first-order valence-corrected chi connectivity index (χ1v) is 8.55. The average Bonchev–Trinajstić information content (AvgIpc) is 2.64. The third-order valence-electron chi connectivity index (χ3n) is 4.74. The molecule has 0 aromatic heterocycles. The molecule has 3 rings (SSSR count). The molecule has 0 radical (unpaired) electrons. The molecule has 1 aliphatic heterocycles. The number of rotatable bonds is 4. The summed E-state index contributed by atoms with van der Waals surface area (Å²) in [7, 11) is 0. The number of aryl methyl sites for hydroxylation is 1. The van der Waals surface area contributed by atoms with Crippen molar-refractivity contribution in [1.29, 1.82) is 5.26 Å². The van der Waals surface area contributed by atoms with Crippen LogP contribution >= 0.6 is 0 Å². The van der Waals surface area contributed by atoms with Crippen LogP contribution in [0.15, 0.2) is 36.4 Å². The molecule has 134 valence electrons. The van der Waals surface area contributed by atoms with Gasteiger partial charge in [0.2, 0.25) is 0 Å². The Kier molecular flexibility index (Phi) is 5.19. The van der Waals surface area contributed by atoms with Crippen molar-refractivity contribution in [3.63, 3.8) is 0 Å². The molecule has 1 fully saturated rings. The zero-order valence-electron chi connectivity index (χ0n) is 14.5. The predicted octanol–water partition coefficient (Wildman–Crippen LogP) is 3.59. The molecule has 2 aromatic rings. The van der Waals surface area contributed by atoms with Gasteiger partial charge in [-0.05, 0) is 62.7 Å². The number of nitrogens with one attached hydrogen (secondary N) is 1. The largest absolute Gasteiger partial charge is 0.478 e. The van der Waals surface area contributed by atoms with Crippen molar-refractivity contribution >= 4 is 17.3 Å². The molecule has 0 amide bonds. The lowest BCUT2D eigenvalue weighted by Crippen LogP contribution is -2.41. The maximum Gasteiger partial charge on any atom is 0.336 e. The summed E-state index contributed by atoms with van der Waals surface area (Å²) in [6.07, 6.45) is 1.55. The normalized spacial score (nSPS) is 14.7. The highest BCUT2D eigenvalue weighted by Crippen LogP contribution is 2.36. The topological polar surface area (TPSA) is 76.4 Å². The van der Waals surface area contributed by atoms with Gasteiger partial charge >= 0.3 is 5.97 Å². The van der Waals surface area contributed by atoms with Crippen LogP contribution < -0.4 is 10.2 Å². The summed E-state index contributed by atoms with van der Waals surface area (Å²) < 4.78 is 14.9. The van der Waals surface area contributed by atoms with Crippen LogP contribution in [0.3, 0.4) is 0 Å². The Morgan fingerprint density at radius 3 is 2.62 bits per heavy atom. The van der Waals surface area contributed by atoms with Crippen molar-refractivity contribution < 1.29 is 14.3 Å². The first-order chi connectivity index (χ1) is 12.5. The van der Waals surface area contributed by atoms with Crippen LogP contribution in [0, 0.1) is 24.1 Å². The van der Waals surface area contributed by atoms with Gasteiger partial charge in [-0.2, -0.15) is 5.26 Å². The van der Waals surface area contributed by atoms with Gasteiger partial charge in [0, 0.05) is 6.04 Å². The third kappa shape index (κ3) is 3.39. The molecule has 0 bridgehead atoms. The lowest BCUT2D eigenvalue weighted by Gasteiger charge is -2.37. The van der Waals surface area contributed by atoms with E-state index in [4.69, 9.17) is 0 Å². The van der Waals surface area contributed by atoms with Crippen LogP contribution in [0.2, 0.25) is 0 Å². The van der Waals surface area contributed by atoms with Crippen molar-refractivity contribution in [2.75, 3.05) is 18.0 Å². The van der Waals surface area contributed by atoms with Crippen LogP contribution in [0.5, 0.6) is 0 Å². The molecule has 1 heterocycles. The van der Waals surface area contributed by atoms with Crippen molar-refractivity contribution in [1.82, 2.24) is 5.32 Å². The Balaban J connectivity index is 2.20. The molecule has 1 saturated heterocycles. The van der Waals surface area contributed by atoms with Gasteiger partial charge in [0.05, 0.1) is 22.5 Å². The summed E-state index contributed by atoms with van der Waals surface area (Å²) in [5.41, 5.74) is 1.67. The summed E-state index contributed by atoms with van der Waals surface area (Å²) in [5.74, 6) is -1.58. The minimum absolute atomic E-state index is 0.0235. The van der Waals surface area contributed by atoms with E-state index in [1.54, 1.807) is 36.1 Å². The standard InChI is InChI=1S/C20H20FN3O2/c1-13-10-17(21)19(11-16(13)20(25)26)24(15-6-8-23-9-7-15)18-5-3-2-4-14(18)12-22/h2-5,10-11,15,23H,6-9H2,1H3,(H,25,26). The van der Waals surface area contributed by atoms with E-state index in [9.17, 15) is 19.6 Å². The maximum absolute atomic E-state index is 14.9. The second kappa shape index (κ2) is 7.54. The SMILES string of the molecule is Cc1cc(F)c(N(c2ccccc2C#N)C2CCNCC2)cc1C(=O)O. The number of carboxylic acids is 1. The minimum atomic E-state index is -1.09. The first kappa shape index (κ1) is 17.9. The molecule has 0 spiro atoms. The van der Waals surface area contributed by atoms with E-state index in [1.165, 1.54) is 12.1 Å². The number of carbonyl (C=O) groups is 1. The smallest absolute Gasteiger partial charge is 0.336 e. The van der Waals surface area contributed by atoms with Gasteiger partial charge in [0.15, 0.2) is 0 Å². The van der Waals surface area contributed by atoms with Crippen LogP contribution in [0.4, 0.5) is 15.8 Å². The van der Waals surface area contributed by atoms with Crippen LogP contribution in [0.1, 0.15) is 34.3 Å². The minimum Gasteiger partial charge on any atom is -0.478 e. The number of hydrogen-bond acceptors (Lipinski definition) is 4. The number of nitrogens with zero attached hydrogens (tertiary/aromatic N) is 2. The summed E-state index contributed by atoms with van der Waals surface area (Å²) in [4.78, 5) is 13.3. The van der Waals surface area contributed by atoms with Gasteiger partial charge in [0.25, 0.3) is 0 Å². The molecule has 1 aliphatic rings. The zero-order chi connectivity index (χ0) is 18.7. The maximum atomic E-state index is 14.9. The Morgan fingerprint density at radius 1 is 1.27 bits per heavy atom. The van der Waals surface area contributed by atoms with E-state index in [2.05, 4.69) is 11.4 Å². The summed E-state index contributed by atoms with van der Waals surface area (Å²) in [6.45, 7) is 3.15. The van der Waals surface area contributed by atoms with Crippen LogP contribution in [0.25, 0.3) is 0 Å². The van der Waals surface area contributed by atoms with Crippen molar-refractivity contribution in [3.05, 3.63) is 58.9 Å². The Labute approximate surface area is 151 Å². The highest BCUT2D eigenvalue weighted by Gasteiger charge is 2.28. The van der Waals surface area contributed by atoms with E-state index in [0.717, 1.165) is 25.9 Å². The van der Waals surface area contributed by atoms with Gasteiger partial charge in [0.1, 0.15) is 11.9 Å². The molecular formula is C20H20FN3O2. The van der Waals surface area contributed by atoms with Crippen LogP contribution in [-0.2, 0) is 0 Å². The van der Waals surface area contributed by atoms with Gasteiger partial charge in [-0.3, -0.25) is 0 Å². The van der Waals surface area contributed by atoms with E-state index >= 15 is 0 Å². The lowest BCUT2D eigenvalue weighted by atomic mass is 9.99. The fourth-order valence-corrected chi connectivity index (χ4v) is 3.44. The van der Waals surface area contributed by atoms with Crippen molar-refractivity contribution in [2.45, 2.75) is 25.8 Å². The summed E-state index contributed by atoms with van der Waals surface area (Å²) in [6, 6.07) is 11.8. The molecular weight excluding hydrogens is 333 g/mol. The van der Waals surface area contributed by atoms with Gasteiger partial charge in [-0.1, -0.05) is 12.1 Å². The molecule has 26 heavy (non-hydrogen) atoms. The monoisotopic (exact) mass is 353 g/mol. The number of para-hydroxylation sites is 1. The Hall–Kier alpha value is -2.91. The molecule has 0 aliphatic carbocycles. The Morgan fingerprint density at radius 2 is 1.96 bits per heavy atom. The van der Waals surface area contributed by atoms with Crippen molar-refractivity contribution in [3.8, 4) is 6.07 Å². The van der Waals surface area contributed by atoms with Gasteiger partial charge in [-0.15, -0.1) is 0 Å². The van der Waals surface area contributed by atoms with Gasteiger partial charge in [-0.25, -0.2) is 9.18 Å². The molecule has 0 saturated carbocycles. The lowest BCUT2D eigenvalue weighted by molar-refractivity contribution is 0.0696. The van der Waals surface area contributed by atoms with Crippen LogP contribution in [-0.4, -0.2) is 30.2 Å². The summed E-state index contributed by atoms with van der Waals surface area (Å²) in [5, 5.41) is 22.2. The van der Waals surface area contributed by atoms with E-state index in [-0.39, 0.29) is 17.3 Å². The van der Waals surface area contributed by atoms with E-state index in [1.807, 2.05) is 0 Å². The predicted molar refractivity (Wildman–Crippen MR) is 97.3 cm³/mol. The number of anilines is 2.